The van der Waals surface area contributed by atoms with Crippen LogP contribution in [-0.4, -0.2) is 40.1 Å². The molecular weight excluding hydrogens is 408 g/mol. The van der Waals surface area contributed by atoms with Crippen molar-refractivity contribution in [3.05, 3.63) is 63.7 Å². The van der Waals surface area contributed by atoms with Crippen molar-refractivity contribution < 1.29 is 19.6 Å². The highest BCUT2D eigenvalue weighted by Crippen LogP contribution is 2.28. The molecule has 1 saturated heterocycles. The molecule has 3 rings (SSSR count). The van der Waals surface area contributed by atoms with Crippen LogP contribution in [0.2, 0.25) is 0 Å². The first-order valence-corrected chi connectivity index (χ1v) is 9.71. The van der Waals surface area contributed by atoms with E-state index >= 15 is 0 Å². The van der Waals surface area contributed by atoms with Crippen molar-refractivity contribution in [3.63, 3.8) is 0 Å². The number of nitro benzene ring substituents is 1. The monoisotopic (exact) mass is 428 g/mol. The zero-order valence-electron chi connectivity index (χ0n) is 16.0. The van der Waals surface area contributed by atoms with Gasteiger partial charge >= 0.3 is 5.97 Å². The first-order chi connectivity index (χ1) is 14.3. The highest BCUT2D eigenvalue weighted by Gasteiger charge is 2.23. The maximum Gasteiger partial charge on any atom is 0.307 e. The summed E-state index contributed by atoms with van der Waals surface area (Å²) in [6, 6.07) is 10.8. The van der Waals surface area contributed by atoms with Crippen molar-refractivity contribution >= 4 is 46.3 Å². The fourth-order valence-corrected chi connectivity index (χ4v) is 3.48. The van der Waals surface area contributed by atoms with Crippen molar-refractivity contribution in [2.45, 2.75) is 19.3 Å². The number of carboxylic acids is 1. The molecule has 0 unspecified atom stereocenters. The molecule has 1 aliphatic heterocycles. The van der Waals surface area contributed by atoms with Gasteiger partial charge in [-0.2, -0.15) is 0 Å². The number of nitrogens with zero attached hydrogens (tertiary/aromatic N) is 2. The number of nitrogens with one attached hydrogen (secondary N) is 2. The van der Waals surface area contributed by atoms with Crippen molar-refractivity contribution in [1.29, 1.82) is 0 Å². The van der Waals surface area contributed by atoms with E-state index in [1.54, 1.807) is 30.3 Å². The number of rotatable bonds is 6. The average molecular weight is 428 g/mol. The number of benzene rings is 2. The van der Waals surface area contributed by atoms with Crippen molar-refractivity contribution in [2.24, 2.45) is 0 Å². The fourth-order valence-electron chi connectivity index (χ4n) is 3.27. The summed E-state index contributed by atoms with van der Waals surface area (Å²) in [6.45, 7) is 1.56. The van der Waals surface area contributed by atoms with Gasteiger partial charge in [-0.1, -0.05) is 12.1 Å². The van der Waals surface area contributed by atoms with Crippen LogP contribution in [0.3, 0.4) is 0 Å². The van der Waals surface area contributed by atoms with E-state index in [9.17, 15) is 19.7 Å². The number of hydrogen-bond acceptors (Lipinski definition) is 6. The number of aliphatic carboxylic acids is 1. The molecule has 2 aromatic carbocycles. The zero-order chi connectivity index (χ0) is 21.7. The van der Waals surface area contributed by atoms with Gasteiger partial charge in [-0.05, 0) is 48.8 Å². The number of non-ortho nitro benzene ring substituents is 1. The highest BCUT2D eigenvalue weighted by molar-refractivity contribution is 7.80. The van der Waals surface area contributed by atoms with Crippen molar-refractivity contribution in [1.82, 2.24) is 5.32 Å². The second-order valence-electron chi connectivity index (χ2n) is 6.83. The molecular formula is C20H20N4O5S. The summed E-state index contributed by atoms with van der Waals surface area (Å²) in [5.74, 6) is -1.47. The van der Waals surface area contributed by atoms with Crippen LogP contribution in [0.25, 0.3) is 0 Å². The Morgan fingerprint density at radius 1 is 1.13 bits per heavy atom. The Balaban J connectivity index is 1.72. The zero-order valence-corrected chi connectivity index (χ0v) is 16.8. The topological polar surface area (TPSA) is 125 Å². The number of carboxylic acid groups (broad SMARTS) is 1. The quantitative estimate of drug-likeness (QED) is 0.364. The largest absolute Gasteiger partial charge is 0.481 e. The van der Waals surface area contributed by atoms with Gasteiger partial charge in [0.25, 0.3) is 11.6 Å². The van der Waals surface area contributed by atoms with Gasteiger partial charge in [-0.3, -0.25) is 25.0 Å². The molecule has 0 aliphatic carbocycles. The van der Waals surface area contributed by atoms with Crippen LogP contribution in [0.5, 0.6) is 0 Å². The molecule has 0 atom stereocenters. The van der Waals surface area contributed by atoms with Gasteiger partial charge in [0, 0.05) is 30.9 Å². The van der Waals surface area contributed by atoms with Crippen LogP contribution in [0.15, 0.2) is 42.5 Å². The Bertz CT molecular complexity index is 987. The van der Waals surface area contributed by atoms with E-state index < -0.39 is 16.8 Å². The van der Waals surface area contributed by atoms with Crippen LogP contribution < -0.4 is 15.5 Å². The third-order valence-electron chi connectivity index (χ3n) is 4.68. The minimum Gasteiger partial charge on any atom is -0.481 e. The molecule has 2 aromatic rings. The molecule has 1 amide bonds. The standard InChI is InChI=1S/C20H20N4O5S/c25-18(26)11-13-3-5-14(6-4-13)21-20(30)22-19(27)16-12-15(24(28)29)7-8-17(16)23-9-1-2-10-23/h3-8,12H,1-2,9-11H2,(H,25,26)(H2,21,22,27,30). The van der Waals surface area contributed by atoms with Crippen LogP contribution in [0.4, 0.5) is 17.1 Å². The molecule has 30 heavy (non-hydrogen) atoms. The van der Waals surface area contributed by atoms with Gasteiger partial charge in [-0.15, -0.1) is 0 Å². The van der Waals surface area contributed by atoms with E-state index in [2.05, 4.69) is 10.6 Å². The summed E-state index contributed by atoms with van der Waals surface area (Å²) < 4.78 is 0. The van der Waals surface area contributed by atoms with Crippen LogP contribution in [-0.2, 0) is 11.2 Å². The van der Waals surface area contributed by atoms with Crippen LogP contribution in [0, 0.1) is 10.1 Å². The van der Waals surface area contributed by atoms with Gasteiger partial charge in [-0.25, -0.2) is 0 Å². The van der Waals surface area contributed by atoms with E-state index in [1.807, 2.05) is 4.90 Å². The number of hydrogen-bond donors (Lipinski definition) is 3. The lowest BCUT2D eigenvalue weighted by atomic mass is 10.1. The molecule has 1 heterocycles. The predicted molar refractivity (Wildman–Crippen MR) is 116 cm³/mol. The summed E-state index contributed by atoms with van der Waals surface area (Å²) in [5.41, 5.74) is 1.86. The predicted octanol–water partition coefficient (Wildman–Crippen LogP) is 2.95. The summed E-state index contributed by atoms with van der Waals surface area (Å²) in [5, 5.41) is 25.4. The number of nitro groups is 1. The lowest BCUT2D eigenvalue weighted by molar-refractivity contribution is -0.384. The minimum absolute atomic E-state index is 0.0323. The Hall–Kier alpha value is -3.53. The fraction of sp³-hybridized carbons (Fsp3) is 0.250. The Morgan fingerprint density at radius 2 is 1.80 bits per heavy atom. The number of carbonyl (C=O) groups is 2. The molecule has 0 aromatic heterocycles. The summed E-state index contributed by atoms with van der Waals surface area (Å²) in [4.78, 5) is 36.2. The molecule has 0 bridgehead atoms. The van der Waals surface area contributed by atoms with E-state index in [1.165, 1.54) is 12.1 Å². The number of anilines is 2. The van der Waals surface area contributed by atoms with Crippen molar-refractivity contribution in [3.8, 4) is 0 Å². The first-order valence-electron chi connectivity index (χ1n) is 9.30. The molecule has 3 N–H and O–H groups in total. The lowest BCUT2D eigenvalue weighted by Crippen LogP contribution is -2.35. The van der Waals surface area contributed by atoms with Gasteiger partial charge in [0.15, 0.2) is 5.11 Å². The molecule has 0 spiro atoms. The number of thiocarbonyl (C=S) groups is 1. The lowest BCUT2D eigenvalue weighted by Gasteiger charge is -2.21. The minimum atomic E-state index is -0.927. The SMILES string of the molecule is O=C(O)Cc1ccc(NC(=S)NC(=O)c2cc([N+](=O)[O-])ccc2N2CCCC2)cc1. The second-order valence-corrected chi connectivity index (χ2v) is 7.24. The van der Waals surface area contributed by atoms with E-state index in [0.717, 1.165) is 25.9 Å². The smallest absolute Gasteiger partial charge is 0.307 e. The van der Waals surface area contributed by atoms with Gasteiger partial charge in [0.2, 0.25) is 0 Å². The molecule has 1 aliphatic rings. The molecule has 1 fully saturated rings. The maximum absolute atomic E-state index is 12.8. The van der Waals surface area contributed by atoms with Crippen LogP contribution in [0.1, 0.15) is 28.8 Å². The van der Waals surface area contributed by atoms with E-state index in [0.29, 0.717) is 16.9 Å². The molecule has 10 heteroatoms. The first kappa shape index (κ1) is 21.2. The van der Waals surface area contributed by atoms with Crippen molar-refractivity contribution in [2.75, 3.05) is 23.3 Å². The normalized spacial score (nSPS) is 13.0. The molecule has 9 nitrogen and oxygen atoms in total. The third-order valence-corrected chi connectivity index (χ3v) is 4.88. The maximum atomic E-state index is 12.8. The molecule has 156 valence electrons. The average Bonchev–Trinajstić information content (AvgIpc) is 3.23. The molecule has 0 radical (unpaired) electrons. The van der Waals surface area contributed by atoms with Crippen LogP contribution >= 0.6 is 12.2 Å². The van der Waals surface area contributed by atoms with E-state index in [-0.39, 0.29) is 22.8 Å². The Morgan fingerprint density at radius 3 is 2.40 bits per heavy atom. The number of amides is 1. The summed E-state index contributed by atoms with van der Waals surface area (Å²) >= 11 is 5.19. The highest BCUT2D eigenvalue weighted by atomic mass is 32.1. The Labute approximate surface area is 177 Å². The molecule has 0 saturated carbocycles. The van der Waals surface area contributed by atoms with Gasteiger partial charge in [0.1, 0.15) is 0 Å². The number of carbonyl (C=O) groups excluding carboxylic acids is 1. The summed E-state index contributed by atoms with van der Waals surface area (Å²) in [6.07, 6.45) is 1.90. The van der Waals surface area contributed by atoms with Gasteiger partial charge < -0.3 is 15.3 Å². The second kappa shape index (κ2) is 9.31. The third kappa shape index (κ3) is 5.29. The Kier molecular flexibility index (Phi) is 6.58. The van der Waals surface area contributed by atoms with Gasteiger partial charge in [0.05, 0.1) is 22.6 Å². The summed E-state index contributed by atoms with van der Waals surface area (Å²) in [7, 11) is 0. The van der Waals surface area contributed by atoms with E-state index in [4.69, 9.17) is 17.3 Å².